The second-order valence-corrected chi connectivity index (χ2v) is 6.89. The van der Waals surface area contributed by atoms with Gasteiger partial charge in [-0.25, -0.2) is 13.8 Å². The lowest BCUT2D eigenvalue weighted by Crippen LogP contribution is -2.15. The third kappa shape index (κ3) is 3.68. The monoisotopic (exact) mass is 392 g/mol. The van der Waals surface area contributed by atoms with Gasteiger partial charge in [-0.2, -0.15) is 0 Å². The quantitative estimate of drug-likeness (QED) is 0.462. The van der Waals surface area contributed by atoms with Crippen LogP contribution in [0.15, 0.2) is 78.2 Å². The van der Waals surface area contributed by atoms with E-state index in [0.29, 0.717) is 5.69 Å². The van der Waals surface area contributed by atoms with Crippen molar-refractivity contribution in [2.24, 2.45) is 0 Å². The largest absolute Gasteiger partial charge is 0.322 e. The highest BCUT2D eigenvalue weighted by atomic mass is 32.1. The minimum absolute atomic E-state index is 0.430. The highest BCUT2D eigenvalue weighted by Gasteiger charge is 2.17. The Labute approximate surface area is 164 Å². The van der Waals surface area contributed by atoms with Crippen LogP contribution in [0.3, 0.4) is 0 Å². The van der Waals surface area contributed by atoms with Gasteiger partial charge in [0, 0.05) is 22.2 Å². The van der Waals surface area contributed by atoms with Crippen LogP contribution in [-0.4, -0.2) is 10.9 Å². The van der Waals surface area contributed by atoms with Crippen LogP contribution in [-0.2, 0) is 0 Å². The minimum Gasteiger partial charge on any atom is -0.322 e. The van der Waals surface area contributed by atoms with Crippen LogP contribution in [0.25, 0.3) is 21.8 Å². The number of aromatic nitrogens is 1. The normalized spacial score (nSPS) is 10.6. The number of hydrogen-bond acceptors (Lipinski definition) is 3. The first-order valence-corrected chi connectivity index (χ1v) is 9.36. The van der Waals surface area contributed by atoms with Crippen LogP contribution >= 0.6 is 11.3 Å². The first-order valence-electron chi connectivity index (χ1n) is 8.48. The highest BCUT2D eigenvalue weighted by molar-refractivity contribution is 7.13. The molecule has 4 aromatic rings. The van der Waals surface area contributed by atoms with Gasteiger partial charge in [-0.05, 0) is 24.3 Å². The van der Waals surface area contributed by atoms with E-state index < -0.39 is 23.1 Å². The van der Waals surface area contributed by atoms with E-state index in [-0.39, 0.29) is 0 Å². The number of carbonyl (C=O) groups is 1. The molecule has 1 aromatic heterocycles. The van der Waals surface area contributed by atoms with E-state index in [1.165, 1.54) is 17.4 Å². The summed E-state index contributed by atoms with van der Waals surface area (Å²) in [5.74, 6) is -2.64. The lowest BCUT2D eigenvalue weighted by molar-refractivity contribution is 0.101. The maximum absolute atomic E-state index is 13.8. The second kappa shape index (κ2) is 7.70. The smallest absolute Gasteiger partial charge is 0.261 e. The Bertz CT molecular complexity index is 1120. The molecule has 1 N–H and O–H groups in total. The lowest BCUT2D eigenvalue weighted by atomic mass is 10.1. The summed E-state index contributed by atoms with van der Waals surface area (Å²) < 4.78 is 27.6. The molecule has 3 nitrogen and oxygen atoms in total. The number of nitrogens with one attached hydrogen (secondary N) is 1. The lowest BCUT2D eigenvalue weighted by Gasteiger charge is -2.08. The number of hydrogen-bond donors (Lipinski definition) is 1. The molecule has 4 rings (SSSR count). The fraction of sp³-hybridized carbons (Fsp3) is 0. The number of amides is 1. The van der Waals surface area contributed by atoms with Crippen LogP contribution in [0, 0.1) is 11.6 Å². The fourth-order valence-electron chi connectivity index (χ4n) is 2.78. The Kier molecular flexibility index (Phi) is 4.95. The van der Waals surface area contributed by atoms with Crippen molar-refractivity contribution in [3.63, 3.8) is 0 Å². The Balaban J connectivity index is 1.59. The van der Waals surface area contributed by atoms with Crippen molar-refractivity contribution in [3.8, 4) is 21.8 Å². The maximum atomic E-state index is 13.8. The number of rotatable bonds is 4. The predicted octanol–water partition coefficient (Wildman–Crippen LogP) is 6.01. The summed E-state index contributed by atoms with van der Waals surface area (Å²) in [6, 6.07) is 20.1. The standard InChI is InChI=1S/C22H14F2N2OS/c23-17-10-5-11-18(24)20(17)21(27)25-16-9-4-8-15(12-16)19-13-28-22(26-19)14-6-2-1-3-7-14/h1-13H,(H,25,27). The molecular weight excluding hydrogens is 378 g/mol. The number of carbonyl (C=O) groups excluding carboxylic acids is 1. The van der Waals surface area contributed by atoms with E-state index in [1.807, 2.05) is 41.8 Å². The van der Waals surface area contributed by atoms with Crippen LogP contribution in [0.2, 0.25) is 0 Å². The molecule has 0 bridgehead atoms. The van der Waals surface area contributed by atoms with Gasteiger partial charge >= 0.3 is 0 Å². The minimum atomic E-state index is -0.902. The van der Waals surface area contributed by atoms with E-state index >= 15 is 0 Å². The van der Waals surface area contributed by atoms with Crippen LogP contribution in [0.5, 0.6) is 0 Å². The molecule has 3 aromatic carbocycles. The summed E-state index contributed by atoms with van der Waals surface area (Å²) in [5.41, 5.74) is 2.41. The van der Waals surface area contributed by atoms with Gasteiger partial charge in [0.1, 0.15) is 22.2 Å². The number of nitrogens with zero attached hydrogens (tertiary/aromatic N) is 1. The van der Waals surface area contributed by atoms with Crippen molar-refractivity contribution < 1.29 is 13.6 Å². The predicted molar refractivity (Wildman–Crippen MR) is 107 cm³/mol. The molecule has 138 valence electrons. The molecule has 0 saturated heterocycles. The Morgan fingerprint density at radius 2 is 1.54 bits per heavy atom. The van der Waals surface area contributed by atoms with Crippen molar-refractivity contribution in [1.82, 2.24) is 4.98 Å². The molecule has 1 amide bonds. The van der Waals surface area contributed by atoms with Gasteiger partial charge in [0.25, 0.3) is 5.91 Å². The molecule has 28 heavy (non-hydrogen) atoms. The number of halogens is 2. The summed E-state index contributed by atoms with van der Waals surface area (Å²) in [5, 5.41) is 5.36. The van der Waals surface area contributed by atoms with Crippen molar-refractivity contribution >= 4 is 22.9 Å². The van der Waals surface area contributed by atoms with Crippen LogP contribution < -0.4 is 5.32 Å². The average molecular weight is 392 g/mol. The Morgan fingerprint density at radius 1 is 0.857 bits per heavy atom. The van der Waals surface area contributed by atoms with E-state index in [1.54, 1.807) is 18.2 Å². The number of benzene rings is 3. The number of thiazole rings is 1. The summed E-state index contributed by atoms with van der Waals surface area (Å²) in [6.07, 6.45) is 0. The molecular formula is C22H14F2N2OS. The van der Waals surface area contributed by atoms with Crippen LogP contribution in [0.1, 0.15) is 10.4 Å². The Morgan fingerprint density at radius 3 is 2.29 bits per heavy atom. The second-order valence-electron chi connectivity index (χ2n) is 6.04. The van der Waals surface area contributed by atoms with Crippen molar-refractivity contribution in [2.75, 3.05) is 5.32 Å². The van der Waals surface area contributed by atoms with Gasteiger partial charge in [-0.3, -0.25) is 4.79 Å². The molecule has 0 aliphatic heterocycles. The zero-order valence-electron chi connectivity index (χ0n) is 14.5. The molecule has 0 spiro atoms. The summed E-state index contributed by atoms with van der Waals surface area (Å²) in [7, 11) is 0. The SMILES string of the molecule is O=C(Nc1cccc(-c2csc(-c3ccccc3)n2)c1)c1c(F)cccc1F. The van der Waals surface area contributed by atoms with Gasteiger partial charge in [0.2, 0.25) is 0 Å². The maximum Gasteiger partial charge on any atom is 0.261 e. The first kappa shape index (κ1) is 18.0. The van der Waals surface area contributed by atoms with Crippen molar-refractivity contribution in [2.45, 2.75) is 0 Å². The van der Waals surface area contributed by atoms with Gasteiger partial charge in [-0.1, -0.05) is 48.5 Å². The summed E-state index contributed by atoms with van der Waals surface area (Å²) in [6.45, 7) is 0. The molecule has 0 saturated carbocycles. The zero-order chi connectivity index (χ0) is 19.5. The molecule has 6 heteroatoms. The van der Waals surface area contributed by atoms with E-state index in [0.717, 1.165) is 34.0 Å². The fourth-order valence-corrected chi connectivity index (χ4v) is 3.62. The van der Waals surface area contributed by atoms with Crippen molar-refractivity contribution in [3.05, 3.63) is 95.4 Å². The first-order chi connectivity index (χ1) is 13.6. The van der Waals surface area contributed by atoms with Crippen molar-refractivity contribution in [1.29, 1.82) is 0 Å². The van der Waals surface area contributed by atoms with Gasteiger partial charge in [0.05, 0.1) is 5.69 Å². The number of anilines is 1. The molecule has 1 heterocycles. The van der Waals surface area contributed by atoms with Gasteiger partial charge < -0.3 is 5.32 Å². The molecule has 0 aliphatic rings. The average Bonchev–Trinajstić information content (AvgIpc) is 3.19. The van der Waals surface area contributed by atoms with E-state index in [4.69, 9.17) is 0 Å². The highest BCUT2D eigenvalue weighted by Crippen LogP contribution is 2.30. The van der Waals surface area contributed by atoms with Crippen LogP contribution in [0.4, 0.5) is 14.5 Å². The molecule has 0 radical (unpaired) electrons. The molecule has 0 atom stereocenters. The van der Waals surface area contributed by atoms with E-state index in [2.05, 4.69) is 10.3 Å². The zero-order valence-corrected chi connectivity index (χ0v) is 15.3. The van der Waals surface area contributed by atoms with Gasteiger partial charge in [0.15, 0.2) is 0 Å². The summed E-state index contributed by atoms with van der Waals surface area (Å²) >= 11 is 1.52. The molecule has 0 fully saturated rings. The Hall–Kier alpha value is -3.38. The van der Waals surface area contributed by atoms with Gasteiger partial charge in [-0.15, -0.1) is 11.3 Å². The van der Waals surface area contributed by atoms with E-state index in [9.17, 15) is 13.6 Å². The molecule has 0 aliphatic carbocycles. The molecule has 0 unspecified atom stereocenters. The third-order valence-corrected chi connectivity index (χ3v) is 5.02. The summed E-state index contributed by atoms with van der Waals surface area (Å²) in [4.78, 5) is 16.9. The topological polar surface area (TPSA) is 42.0 Å². The third-order valence-electron chi connectivity index (χ3n) is 4.13.